The van der Waals surface area contributed by atoms with E-state index in [1.165, 1.54) is 70.6 Å². The van der Waals surface area contributed by atoms with Crippen molar-refractivity contribution in [1.29, 1.82) is 0 Å². The van der Waals surface area contributed by atoms with Gasteiger partial charge in [-0.1, -0.05) is 176 Å². The fourth-order valence-corrected chi connectivity index (χ4v) is 6.41. The maximum absolute atomic E-state index is 12.7. The summed E-state index contributed by atoms with van der Waals surface area (Å²) in [5.41, 5.74) is 0. The molecule has 0 heterocycles. The minimum atomic E-state index is -0.807. The van der Waals surface area contributed by atoms with Crippen LogP contribution in [0.25, 0.3) is 0 Å². The molecular weight excluding hydrogens is 745 g/mol. The summed E-state index contributed by atoms with van der Waals surface area (Å²) in [5, 5.41) is 0. The number of rotatable bonds is 43. The second-order valence-corrected chi connectivity index (χ2v) is 16.0. The molecule has 0 fully saturated rings. The van der Waals surface area contributed by atoms with Crippen molar-refractivity contribution < 1.29 is 28.6 Å². The molecule has 0 bridgehead atoms. The number of hydrogen-bond donors (Lipinski definition) is 0. The van der Waals surface area contributed by atoms with E-state index in [4.69, 9.17) is 14.2 Å². The summed E-state index contributed by atoms with van der Waals surface area (Å²) < 4.78 is 16.7. The number of esters is 3. The molecular formula is C54H90O6. The zero-order valence-corrected chi connectivity index (χ0v) is 38.9. The lowest BCUT2D eigenvalue weighted by Gasteiger charge is -2.18. The molecule has 0 aliphatic rings. The number of carbonyl (C=O) groups is 3. The largest absolute Gasteiger partial charge is 0.462 e. The summed E-state index contributed by atoms with van der Waals surface area (Å²) in [6, 6.07) is 0. The number of allylic oxidation sites excluding steroid dienone is 14. The van der Waals surface area contributed by atoms with Crippen LogP contribution in [0.3, 0.4) is 0 Å². The Labute approximate surface area is 369 Å². The summed E-state index contributed by atoms with van der Waals surface area (Å²) in [5.74, 6) is -0.995. The van der Waals surface area contributed by atoms with Crippen LogP contribution in [-0.4, -0.2) is 37.2 Å². The van der Waals surface area contributed by atoms with E-state index in [2.05, 4.69) is 106 Å². The third kappa shape index (κ3) is 45.7. The highest BCUT2D eigenvalue weighted by molar-refractivity contribution is 5.71. The number of unbranched alkanes of at least 4 members (excludes halogenated alkanes) is 18. The van der Waals surface area contributed by atoms with Gasteiger partial charge in [0, 0.05) is 19.3 Å². The Morgan fingerprint density at radius 3 is 1.12 bits per heavy atom. The first-order valence-electron chi connectivity index (χ1n) is 24.6. The molecule has 342 valence electrons. The van der Waals surface area contributed by atoms with Gasteiger partial charge in [-0.15, -0.1) is 0 Å². The van der Waals surface area contributed by atoms with Crippen LogP contribution in [0.15, 0.2) is 85.1 Å². The highest BCUT2D eigenvalue weighted by Crippen LogP contribution is 2.12. The second kappa shape index (κ2) is 48.3. The van der Waals surface area contributed by atoms with Crippen molar-refractivity contribution in [3.63, 3.8) is 0 Å². The molecule has 0 N–H and O–H groups in total. The molecule has 0 aromatic rings. The summed E-state index contributed by atoms with van der Waals surface area (Å²) in [6.45, 7) is 6.40. The fourth-order valence-electron chi connectivity index (χ4n) is 6.41. The molecule has 1 unspecified atom stereocenters. The van der Waals surface area contributed by atoms with E-state index in [1.54, 1.807) is 0 Å². The lowest BCUT2D eigenvalue weighted by molar-refractivity contribution is -0.167. The predicted molar refractivity (Wildman–Crippen MR) is 256 cm³/mol. The zero-order chi connectivity index (χ0) is 43.7. The van der Waals surface area contributed by atoms with Gasteiger partial charge >= 0.3 is 17.9 Å². The van der Waals surface area contributed by atoms with Crippen molar-refractivity contribution in [2.75, 3.05) is 13.2 Å². The van der Waals surface area contributed by atoms with E-state index in [-0.39, 0.29) is 31.1 Å². The summed E-state index contributed by atoms with van der Waals surface area (Å²) >= 11 is 0. The molecule has 0 aromatic carbocycles. The first-order chi connectivity index (χ1) is 29.5. The fraction of sp³-hybridized carbons (Fsp3) is 0.685. The Morgan fingerprint density at radius 2 is 0.667 bits per heavy atom. The van der Waals surface area contributed by atoms with Gasteiger partial charge in [-0.3, -0.25) is 14.4 Å². The number of hydrogen-bond acceptors (Lipinski definition) is 6. The molecule has 0 aliphatic heterocycles. The maximum atomic E-state index is 12.7. The Kier molecular flexibility index (Phi) is 45.5. The molecule has 0 aromatic heterocycles. The van der Waals surface area contributed by atoms with Gasteiger partial charge < -0.3 is 14.2 Å². The molecule has 0 saturated carbocycles. The van der Waals surface area contributed by atoms with Crippen molar-refractivity contribution in [1.82, 2.24) is 0 Å². The van der Waals surface area contributed by atoms with Crippen molar-refractivity contribution in [2.24, 2.45) is 0 Å². The minimum Gasteiger partial charge on any atom is -0.462 e. The van der Waals surface area contributed by atoms with E-state index in [0.717, 1.165) is 103 Å². The van der Waals surface area contributed by atoms with Crippen LogP contribution < -0.4 is 0 Å². The number of carbonyl (C=O) groups excluding carboxylic acids is 3. The molecule has 6 heteroatoms. The Hall–Kier alpha value is -3.41. The molecule has 6 nitrogen and oxygen atoms in total. The maximum Gasteiger partial charge on any atom is 0.306 e. The van der Waals surface area contributed by atoms with E-state index in [1.807, 2.05) is 0 Å². The van der Waals surface area contributed by atoms with Crippen LogP contribution in [0.4, 0.5) is 0 Å². The van der Waals surface area contributed by atoms with Crippen LogP contribution in [-0.2, 0) is 28.6 Å². The van der Waals surface area contributed by atoms with Gasteiger partial charge in [0.1, 0.15) is 13.2 Å². The first kappa shape index (κ1) is 56.6. The molecule has 0 radical (unpaired) electrons. The molecule has 0 saturated heterocycles. The SMILES string of the molecule is CC/C=C\C/C=C\C/C=C\C/C=C\C/C=C\CCCCCC(=O)OCC(COC(=O)CCC/C=C\CCCCCC)OC(=O)CCCCC/C=C\CCCCCCCCC. The van der Waals surface area contributed by atoms with E-state index >= 15 is 0 Å². The van der Waals surface area contributed by atoms with Gasteiger partial charge in [0.15, 0.2) is 6.10 Å². The van der Waals surface area contributed by atoms with Crippen LogP contribution in [0.2, 0.25) is 0 Å². The summed E-state index contributed by atoms with van der Waals surface area (Å²) in [6.07, 6.45) is 61.5. The first-order valence-corrected chi connectivity index (χ1v) is 24.6. The Morgan fingerprint density at radius 1 is 0.350 bits per heavy atom. The van der Waals surface area contributed by atoms with Crippen LogP contribution in [0.5, 0.6) is 0 Å². The average Bonchev–Trinajstić information content (AvgIpc) is 3.24. The highest BCUT2D eigenvalue weighted by Gasteiger charge is 2.19. The normalized spacial score (nSPS) is 12.8. The quantitative estimate of drug-likeness (QED) is 0.0263. The lowest BCUT2D eigenvalue weighted by Crippen LogP contribution is -2.30. The van der Waals surface area contributed by atoms with Gasteiger partial charge in [0.25, 0.3) is 0 Å². The molecule has 0 amide bonds. The van der Waals surface area contributed by atoms with Crippen molar-refractivity contribution in [3.8, 4) is 0 Å². The summed E-state index contributed by atoms with van der Waals surface area (Å²) in [4.78, 5) is 37.8. The highest BCUT2D eigenvalue weighted by atomic mass is 16.6. The van der Waals surface area contributed by atoms with Crippen molar-refractivity contribution in [2.45, 2.75) is 226 Å². The third-order valence-electron chi connectivity index (χ3n) is 10.1. The van der Waals surface area contributed by atoms with Gasteiger partial charge in [-0.25, -0.2) is 0 Å². The topological polar surface area (TPSA) is 78.9 Å². The molecule has 0 rings (SSSR count). The Balaban J connectivity index is 4.44. The smallest absolute Gasteiger partial charge is 0.306 e. The van der Waals surface area contributed by atoms with E-state index in [0.29, 0.717) is 25.7 Å². The van der Waals surface area contributed by atoms with Crippen LogP contribution >= 0.6 is 0 Å². The van der Waals surface area contributed by atoms with Crippen molar-refractivity contribution >= 4 is 17.9 Å². The molecule has 0 spiro atoms. The monoisotopic (exact) mass is 835 g/mol. The number of ether oxygens (including phenoxy) is 3. The summed E-state index contributed by atoms with van der Waals surface area (Å²) in [7, 11) is 0. The van der Waals surface area contributed by atoms with Crippen LogP contribution in [0.1, 0.15) is 220 Å². The predicted octanol–water partition coefficient (Wildman–Crippen LogP) is 16.0. The zero-order valence-electron chi connectivity index (χ0n) is 38.9. The van der Waals surface area contributed by atoms with Gasteiger partial charge in [-0.2, -0.15) is 0 Å². The standard InChI is InChI=1S/C54H90O6/c1-4-7-10-13-16-19-21-23-25-26-27-28-29-31-32-35-38-41-44-47-53(56)59-50-51(49-58-52(55)46-43-40-37-34-18-15-12-9-6-3)60-54(57)48-45-42-39-36-33-30-24-22-20-17-14-11-8-5-2/h7,10,16,19,23,25,27-28,30-34,37,51H,4-6,8-9,11-15,17-18,20-22,24,26,29,35-36,38-50H2,1-3H3/b10-7-,19-16-,25-23-,28-27-,32-31-,33-30-,37-34-. The molecule has 1 atom stereocenters. The third-order valence-corrected chi connectivity index (χ3v) is 10.1. The van der Waals surface area contributed by atoms with Gasteiger partial charge in [0.2, 0.25) is 0 Å². The van der Waals surface area contributed by atoms with Gasteiger partial charge in [0.05, 0.1) is 0 Å². The molecule has 60 heavy (non-hydrogen) atoms. The minimum absolute atomic E-state index is 0.109. The Bertz CT molecular complexity index is 1190. The second-order valence-electron chi connectivity index (χ2n) is 16.0. The van der Waals surface area contributed by atoms with Crippen molar-refractivity contribution in [3.05, 3.63) is 85.1 Å². The lowest BCUT2D eigenvalue weighted by atomic mass is 10.1. The average molecular weight is 835 g/mol. The molecule has 0 aliphatic carbocycles. The van der Waals surface area contributed by atoms with E-state index in [9.17, 15) is 14.4 Å². The van der Waals surface area contributed by atoms with Gasteiger partial charge in [-0.05, 0) is 109 Å². The van der Waals surface area contributed by atoms with E-state index < -0.39 is 6.10 Å². The van der Waals surface area contributed by atoms with Crippen LogP contribution in [0, 0.1) is 0 Å².